The van der Waals surface area contributed by atoms with E-state index < -0.39 is 0 Å². The smallest absolute Gasteiger partial charge is 0.229 e. The monoisotopic (exact) mass is 354 g/mol. The van der Waals surface area contributed by atoms with Gasteiger partial charge in [-0.3, -0.25) is 0 Å². The van der Waals surface area contributed by atoms with Crippen LogP contribution in [0.2, 0.25) is 0 Å². The Bertz CT molecular complexity index is 789. The van der Waals surface area contributed by atoms with Crippen molar-refractivity contribution in [2.24, 2.45) is 0 Å². The summed E-state index contributed by atoms with van der Waals surface area (Å²) in [5, 5.41) is 6.50. The van der Waals surface area contributed by atoms with E-state index in [1.807, 2.05) is 61.5 Å². The summed E-state index contributed by atoms with van der Waals surface area (Å²) in [6.45, 7) is 2.05. The summed E-state index contributed by atoms with van der Waals surface area (Å²) >= 11 is 3.46. The number of hydrogen-bond donors (Lipinski definition) is 2. The third kappa shape index (κ3) is 3.62. The standard InChI is InChI=1S/C17H15BrN4/c1-12-5-2-3-8-15(12)21-17-19-10-9-16(22-17)20-14-7-4-6-13(18)11-14/h2-11H,1H3,(H2,19,20,21,22). The minimum absolute atomic E-state index is 0.564. The number of nitrogens with one attached hydrogen (secondary N) is 2. The molecule has 1 aromatic heterocycles. The molecule has 0 bridgehead atoms. The largest absolute Gasteiger partial charge is 0.340 e. The van der Waals surface area contributed by atoms with Gasteiger partial charge in [-0.1, -0.05) is 40.2 Å². The van der Waals surface area contributed by atoms with Gasteiger partial charge >= 0.3 is 0 Å². The topological polar surface area (TPSA) is 49.8 Å². The second-order valence-electron chi connectivity index (χ2n) is 4.84. The predicted molar refractivity (Wildman–Crippen MR) is 93.9 cm³/mol. The molecule has 0 fully saturated rings. The Morgan fingerprint density at radius 2 is 1.82 bits per heavy atom. The molecular formula is C17H15BrN4. The summed E-state index contributed by atoms with van der Waals surface area (Å²) < 4.78 is 1.02. The summed E-state index contributed by atoms with van der Waals surface area (Å²) in [6, 6.07) is 17.8. The molecular weight excluding hydrogens is 340 g/mol. The molecule has 22 heavy (non-hydrogen) atoms. The molecule has 5 heteroatoms. The molecule has 0 spiro atoms. The zero-order valence-electron chi connectivity index (χ0n) is 12.0. The molecule has 4 nitrogen and oxygen atoms in total. The number of aryl methyl sites for hydroxylation is 1. The number of aromatic nitrogens is 2. The highest BCUT2D eigenvalue weighted by atomic mass is 79.9. The second-order valence-corrected chi connectivity index (χ2v) is 5.76. The van der Waals surface area contributed by atoms with Gasteiger partial charge in [0.2, 0.25) is 5.95 Å². The van der Waals surface area contributed by atoms with Crippen LogP contribution in [0.25, 0.3) is 0 Å². The Morgan fingerprint density at radius 3 is 2.64 bits per heavy atom. The first kappa shape index (κ1) is 14.5. The van der Waals surface area contributed by atoms with Gasteiger partial charge in [0.1, 0.15) is 5.82 Å². The average molecular weight is 355 g/mol. The first-order valence-corrected chi connectivity index (χ1v) is 7.68. The molecule has 0 amide bonds. The van der Waals surface area contributed by atoms with E-state index in [2.05, 4.69) is 36.5 Å². The summed E-state index contributed by atoms with van der Waals surface area (Å²) in [4.78, 5) is 8.75. The van der Waals surface area contributed by atoms with E-state index in [-0.39, 0.29) is 0 Å². The van der Waals surface area contributed by atoms with Gasteiger partial charge in [-0.2, -0.15) is 4.98 Å². The van der Waals surface area contributed by atoms with E-state index in [1.54, 1.807) is 6.20 Å². The molecule has 0 aliphatic carbocycles. The predicted octanol–water partition coefficient (Wildman–Crippen LogP) is 5.03. The van der Waals surface area contributed by atoms with E-state index >= 15 is 0 Å². The van der Waals surface area contributed by atoms with E-state index in [0.717, 1.165) is 27.2 Å². The number of anilines is 4. The minimum Gasteiger partial charge on any atom is -0.340 e. The maximum atomic E-state index is 4.49. The van der Waals surface area contributed by atoms with E-state index in [9.17, 15) is 0 Å². The van der Waals surface area contributed by atoms with Crippen LogP contribution in [0, 0.1) is 6.92 Å². The second kappa shape index (κ2) is 6.58. The normalized spacial score (nSPS) is 10.3. The summed E-state index contributed by atoms with van der Waals surface area (Å²) in [7, 11) is 0. The maximum Gasteiger partial charge on any atom is 0.229 e. The Hall–Kier alpha value is -2.40. The fraction of sp³-hybridized carbons (Fsp3) is 0.0588. The number of nitrogens with zero attached hydrogens (tertiary/aromatic N) is 2. The molecule has 2 aromatic carbocycles. The van der Waals surface area contributed by atoms with Gasteiger partial charge < -0.3 is 10.6 Å². The van der Waals surface area contributed by atoms with Crippen molar-refractivity contribution >= 4 is 39.1 Å². The van der Waals surface area contributed by atoms with Crippen molar-refractivity contribution in [2.45, 2.75) is 6.92 Å². The Labute approximate surface area is 137 Å². The van der Waals surface area contributed by atoms with E-state index in [0.29, 0.717) is 5.95 Å². The Kier molecular flexibility index (Phi) is 4.34. The van der Waals surface area contributed by atoms with Crippen LogP contribution >= 0.6 is 15.9 Å². The molecule has 2 N–H and O–H groups in total. The first-order valence-electron chi connectivity index (χ1n) is 6.89. The summed E-state index contributed by atoms with van der Waals surface area (Å²) in [6.07, 6.45) is 1.73. The SMILES string of the molecule is Cc1ccccc1Nc1nccc(Nc2cccc(Br)c2)n1. The van der Waals surface area contributed by atoms with Crippen molar-refractivity contribution in [3.63, 3.8) is 0 Å². The number of hydrogen-bond acceptors (Lipinski definition) is 4. The third-order valence-corrected chi connectivity index (χ3v) is 3.64. The molecule has 3 rings (SSSR count). The van der Waals surface area contributed by atoms with Crippen molar-refractivity contribution in [2.75, 3.05) is 10.6 Å². The van der Waals surface area contributed by atoms with Crippen LogP contribution in [0.1, 0.15) is 5.56 Å². The molecule has 0 unspecified atom stereocenters. The fourth-order valence-electron chi connectivity index (χ4n) is 2.04. The van der Waals surface area contributed by atoms with Crippen molar-refractivity contribution in [1.29, 1.82) is 0 Å². The van der Waals surface area contributed by atoms with Crippen molar-refractivity contribution in [3.8, 4) is 0 Å². The van der Waals surface area contributed by atoms with Gasteiger partial charge in [0, 0.05) is 22.0 Å². The summed E-state index contributed by atoms with van der Waals surface area (Å²) in [5.74, 6) is 1.30. The molecule has 0 aliphatic rings. The molecule has 3 aromatic rings. The molecule has 0 saturated heterocycles. The molecule has 110 valence electrons. The first-order chi connectivity index (χ1) is 10.7. The Morgan fingerprint density at radius 1 is 0.955 bits per heavy atom. The van der Waals surface area contributed by atoms with Gasteiger partial charge in [-0.25, -0.2) is 4.98 Å². The van der Waals surface area contributed by atoms with E-state index in [1.165, 1.54) is 0 Å². The van der Waals surface area contributed by atoms with Gasteiger partial charge in [-0.15, -0.1) is 0 Å². The van der Waals surface area contributed by atoms with Crippen molar-refractivity contribution < 1.29 is 0 Å². The lowest BCUT2D eigenvalue weighted by atomic mass is 10.2. The van der Waals surface area contributed by atoms with Crippen LogP contribution in [-0.2, 0) is 0 Å². The van der Waals surface area contributed by atoms with Crippen molar-refractivity contribution in [1.82, 2.24) is 9.97 Å². The summed E-state index contributed by atoms with van der Waals surface area (Å²) in [5.41, 5.74) is 3.12. The highest BCUT2D eigenvalue weighted by Gasteiger charge is 2.03. The number of rotatable bonds is 4. The lowest BCUT2D eigenvalue weighted by molar-refractivity contribution is 1.16. The van der Waals surface area contributed by atoms with Crippen LogP contribution in [-0.4, -0.2) is 9.97 Å². The molecule has 0 atom stereocenters. The average Bonchev–Trinajstić information content (AvgIpc) is 2.50. The zero-order chi connectivity index (χ0) is 15.4. The van der Waals surface area contributed by atoms with Crippen molar-refractivity contribution in [3.05, 3.63) is 70.8 Å². The van der Waals surface area contributed by atoms with Gasteiger partial charge in [0.05, 0.1) is 0 Å². The number of halogens is 1. The van der Waals surface area contributed by atoms with E-state index in [4.69, 9.17) is 0 Å². The van der Waals surface area contributed by atoms with Crippen LogP contribution in [0.15, 0.2) is 65.3 Å². The van der Waals surface area contributed by atoms with Gasteiger partial charge in [0.25, 0.3) is 0 Å². The maximum absolute atomic E-state index is 4.49. The molecule has 0 saturated carbocycles. The molecule has 0 radical (unpaired) electrons. The van der Waals surface area contributed by atoms with Crippen LogP contribution in [0.3, 0.4) is 0 Å². The quantitative estimate of drug-likeness (QED) is 0.689. The minimum atomic E-state index is 0.564. The van der Waals surface area contributed by atoms with Crippen LogP contribution in [0.5, 0.6) is 0 Å². The fourth-order valence-corrected chi connectivity index (χ4v) is 2.44. The number of para-hydroxylation sites is 1. The highest BCUT2D eigenvalue weighted by Crippen LogP contribution is 2.21. The molecule has 1 heterocycles. The highest BCUT2D eigenvalue weighted by molar-refractivity contribution is 9.10. The zero-order valence-corrected chi connectivity index (χ0v) is 13.6. The lowest BCUT2D eigenvalue weighted by Crippen LogP contribution is -2.01. The van der Waals surface area contributed by atoms with Gasteiger partial charge in [0.15, 0.2) is 0 Å². The van der Waals surface area contributed by atoms with Crippen LogP contribution in [0.4, 0.5) is 23.1 Å². The Balaban J connectivity index is 1.79. The van der Waals surface area contributed by atoms with Crippen LogP contribution < -0.4 is 10.6 Å². The van der Waals surface area contributed by atoms with Gasteiger partial charge in [-0.05, 0) is 42.8 Å². The lowest BCUT2D eigenvalue weighted by Gasteiger charge is -2.10. The number of benzene rings is 2. The third-order valence-electron chi connectivity index (χ3n) is 3.14. The molecule has 0 aliphatic heterocycles.